The molecule has 1 atom stereocenters. The van der Waals surface area contributed by atoms with Crippen molar-refractivity contribution in [3.05, 3.63) is 45.7 Å². The number of aromatic nitrogens is 3. The molecule has 0 fully saturated rings. The normalized spacial score (nSPS) is 12.7. The van der Waals surface area contributed by atoms with Gasteiger partial charge in [0.1, 0.15) is 5.82 Å². The molecule has 0 aliphatic carbocycles. The molecular formula is C12H15BrFN5. The second-order valence-electron chi connectivity index (χ2n) is 4.29. The van der Waals surface area contributed by atoms with Crippen molar-refractivity contribution in [1.29, 1.82) is 0 Å². The Morgan fingerprint density at radius 3 is 2.84 bits per heavy atom. The van der Waals surface area contributed by atoms with Gasteiger partial charge in [0.25, 0.3) is 0 Å². The number of nitrogens with one attached hydrogen (secondary N) is 1. The van der Waals surface area contributed by atoms with E-state index in [9.17, 15) is 4.39 Å². The molecule has 0 aromatic carbocycles. The molecule has 0 spiro atoms. The van der Waals surface area contributed by atoms with Crippen LogP contribution in [0.2, 0.25) is 0 Å². The van der Waals surface area contributed by atoms with Gasteiger partial charge in [-0.05, 0) is 28.9 Å². The molecule has 2 heterocycles. The van der Waals surface area contributed by atoms with Crippen LogP contribution in [-0.2, 0) is 13.5 Å². The van der Waals surface area contributed by atoms with Crippen LogP contribution in [-0.4, -0.2) is 14.8 Å². The van der Waals surface area contributed by atoms with Gasteiger partial charge in [0.05, 0.1) is 28.1 Å². The molecule has 2 aromatic rings. The zero-order valence-corrected chi connectivity index (χ0v) is 12.3. The zero-order chi connectivity index (χ0) is 14.0. The van der Waals surface area contributed by atoms with Gasteiger partial charge in [-0.1, -0.05) is 0 Å². The van der Waals surface area contributed by atoms with Crippen molar-refractivity contribution in [2.45, 2.75) is 19.4 Å². The molecule has 0 saturated heterocycles. The van der Waals surface area contributed by atoms with Crippen LogP contribution in [0.3, 0.4) is 0 Å². The lowest BCUT2D eigenvalue weighted by molar-refractivity contribution is 0.494. The predicted octanol–water partition coefficient (Wildman–Crippen LogP) is 1.77. The highest BCUT2D eigenvalue weighted by Gasteiger charge is 2.19. The lowest BCUT2D eigenvalue weighted by atomic mass is 10.0. The van der Waals surface area contributed by atoms with Gasteiger partial charge in [-0.15, -0.1) is 0 Å². The first-order chi connectivity index (χ1) is 9.04. The summed E-state index contributed by atoms with van der Waals surface area (Å²) in [5.41, 5.74) is 4.98. The number of aryl methyl sites for hydroxylation is 2. The van der Waals surface area contributed by atoms with Crippen molar-refractivity contribution >= 4 is 15.9 Å². The Morgan fingerprint density at radius 1 is 1.58 bits per heavy atom. The Morgan fingerprint density at radius 2 is 2.32 bits per heavy atom. The minimum atomic E-state index is -0.375. The third-order valence-corrected chi connectivity index (χ3v) is 4.07. The fourth-order valence-electron chi connectivity index (χ4n) is 2.02. The lowest BCUT2D eigenvalue weighted by Crippen LogP contribution is -2.31. The van der Waals surface area contributed by atoms with Gasteiger partial charge < -0.3 is 0 Å². The average molecular weight is 328 g/mol. The lowest BCUT2D eigenvalue weighted by Gasteiger charge is -2.17. The molecule has 7 heteroatoms. The number of nitrogens with zero attached hydrogens (tertiary/aromatic N) is 3. The largest absolute Gasteiger partial charge is 0.271 e. The topological polar surface area (TPSA) is 68.8 Å². The fraction of sp³-hybridized carbons (Fsp3) is 0.333. The second-order valence-corrected chi connectivity index (χ2v) is 5.08. The maximum atomic E-state index is 13.7. The van der Waals surface area contributed by atoms with Gasteiger partial charge in [-0.3, -0.25) is 20.9 Å². The van der Waals surface area contributed by atoms with Crippen LogP contribution in [0.4, 0.5) is 4.39 Å². The number of rotatable bonds is 4. The molecule has 5 nitrogen and oxygen atoms in total. The van der Waals surface area contributed by atoms with E-state index in [0.29, 0.717) is 12.0 Å². The number of pyridine rings is 1. The second kappa shape index (κ2) is 5.77. The predicted molar refractivity (Wildman–Crippen MR) is 73.6 cm³/mol. The third kappa shape index (κ3) is 2.83. The fourth-order valence-corrected chi connectivity index (χ4v) is 2.52. The molecule has 1 unspecified atom stereocenters. The quantitative estimate of drug-likeness (QED) is 0.663. The smallest absolute Gasteiger partial charge is 0.146 e. The summed E-state index contributed by atoms with van der Waals surface area (Å²) in [6.45, 7) is 1.91. The number of nitrogens with two attached hydrogens (primary N) is 1. The van der Waals surface area contributed by atoms with Crippen molar-refractivity contribution in [3.8, 4) is 0 Å². The number of hydrogen-bond donors (Lipinski definition) is 2. The molecular weight excluding hydrogens is 313 g/mol. The number of halogens is 2. The van der Waals surface area contributed by atoms with Crippen molar-refractivity contribution in [2.24, 2.45) is 12.9 Å². The standard InChI is InChI=1S/C12H15BrFN5/c1-7-12(13)11(19(2)18-7)5-10(17-15)8-3-4-16-6-9(8)14/h3-4,6,10,17H,5,15H2,1-2H3. The van der Waals surface area contributed by atoms with E-state index in [1.807, 2.05) is 14.0 Å². The summed E-state index contributed by atoms with van der Waals surface area (Å²) >= 11 is 3.49. The minimum absolute atomic E-state index is 0.339. The van der Waals surface area contributed by atoms with E-state index in [2.05, 4.69) is 31.4 Å². The molecule has 0 aliphatic rings. The van der Waals surface area contributed by atoms with Gasteiger partial charge in [-0.2, -0.15) is 5.10 Å². The highest BCUT2D eigenvalue weighted by atomic mass is 79.9. The zero-order valence-electron chi connectivity index (χ0n) is 10.7. The molecule has 3 N–H and O–H groups in total. The van der Waals surface area contributed by atoms with E-state index < -0.39 is 0 Å². The SMILES string of the molecule is Cc1nn(C)c(CC(NN)c2ccncc2F)c1Br. The highest BCUT2D eigenvalue weighted by molar-refractivity contribution is 9.10. The summed E-state index contributed by atoms with van der Waals surface area (Å²) in [5.74, 6) is 5.17. The van der Waals surface area contributed by atoms with Gasteiger partial charge >= 0.3 is 0 Å². The first-order valence-corrected chi connectivity index (χ1v) is 6.57. The first-order valence-electron chi connectivity index (χ1n) is 5.78. The van der Waals surface area contributed by atoms with Crippen LogP contribution >= 0.6 is 15.9 Å². The molecule has 0 bridgehead atoms. The summed E-state index contributed by atoms with van der Waals surface area (Å²) in [6.07, 6.45) is 3.25. The summed E-state index contributed by atoms with van der Waals surface area (Å²) in [4.78, 5) is 3.74. The Hall–Kier alpha value is -1.31. The van der Waals surface area contributed by atoms with E-state index in [1.54, 1.807) is 16.9 Å². The summed E-state index contributed by atoms with van der Waals surface area (Å²) in [5, 5.41) is 4.31. The Balaban J connectivity index is 2.32. The van der Waals surface area contributed by atoms with Crippen LogP contribution in [0, 0.1) is 12.7 Å². The average Bonchev–Trinajstić information content (AvgIpc) is 2.63. The summed E-state index contributed by atoms with van der Waals surface area (Å²) in [7, 11) is 1.85. The van der Waals surface area contributed by atoms with Gasteiger partial charge in [0.2, 0.25) is 0 Å². The molecule has 2 aromatic heterocycles. The molecule has 2 rings (SSSR count). The van der Waals surface area contributed by atoms with Crippen molar-refractivity contribution in [3.63, 3.8) is 0 Å². The Labute approximate surface area is 119 Å². The Bertz CT molecular complexity index is 583. The van der Waals surface area contributed by atoms with Crippen LogP contribution in [0.25, 0.3) is 0 Å². The highest BCUT2D eigenvalue weighted by Crippen LogP contribution is 2.26. The van der Waals surface area contributed by atoms with Crippen molar-refractivity contribution < 1.29 is 4.39 Å². The van der Waals surface area contributed by atoms with E-state index in [1.165, 1.54) is 6.20 Å². The van der Waals surface area contributed by atoms with Crippen LogP contribution < -0.4 is 11.3 Å². The first kappa shape index (κ1) is 14.1. The number of hydrogen-bond acceptors (Lipinski definition) is 4. The van der Waals surface area contributed by atoms with E-state index in [4.69, 9.17) is 5.84 Å². The maximum Gasteiger partial charge on any atom is 0.146 e. The summed E-state index contributed by atoms with van der Waals surface area (Å²) in [6, 6.07) is 1.28. The van der Waals surface area contributed by atoms with Crippen molar-refractivity contribution in [2.75, 3.05) is 0 Å². The molecule has 0 aliphatic heterocycles. The monoisotopic (exact) mass is 327 g/mol. The van der Waals surface area contributed by atoms with Crippen LogP contribution in [0.5, 0.6) is 0 Å². The van der Waals surface area contributed by atoms with Gasteiger partial charge in [-0.25, -0.2) is 4.39 Å². The molecule has 102 valence electrons. The van der Waals surface area contributed by atoms with E-state index in [-0.39, 0.29) is 11.9 Å². The molecule has 0 saturated carbocycles. The van der Waals surface area contributed by atoms with Crippen LogP contribution in [0.1, 0.15) is 23.0 Å². The number of hydrazine groups is 1. The van der Waals surface area contributed by atoms with E-state index in [0.717, 1.165) is 15.9 Å². The molecule has 19 heavy (non-hydrogen) atoms. The van der Waals surface area contributed by atoms with Gasteiger partial charge in [0, 0.05) is 25.2 Å². The maximum absolute atomic E-state index is 13.7. The van der Waals surface area contributed by atoms with E-state index >= 15 is 0 Å². The van der Waals surface area contributed by atoms with Crippen molar-refractivity contribution in [1.82, 2.24) is 20.2 Å². The summed E-state index contributed by atoms with van der Waals surface area (Å²) < 4.78 is 16.4. The Kier molecular flexibility index (Phi) is 4.28. The van der Waals surface area contributed by atoms with Gasteiger partial charge in [0.15, 0.2) is 0 Å². The minimum Gasteiger partial charge on any atom is -0.271 e. The van der Waals surface area contributed by atoms with Crippen LogP contribution in [0.15, 0.2) is 22.9 Å². The molecule has 0 radical (unpaired) electrons. The third-order valence-electron chi connectivity index (χ3n) is 3.04. The molecule has 0 amide bonds.